The van der Waals surface area contributed by atoms with Crippen LogP contribution in [0.2, 0.25) is 0 Å². The fourth-order valence-electron chi connectivity index (χ4n) is 7.09. The van der Waals surface area contributed by atoms with Crippen LogP contribution in [0.25, 0.3) is 0 Å². The van der Waals surface area contributed by atoms with Crippen LogP contribution in [-0.2, 0) is 26.5 Å². The SMILES string of the molecule is C[C@]12C=CC(=O)C=C1CC[C@@H]1[C@@H]3CC[C@](Cl)([S@+]([O-])Cc4ccccc4)[C@@]3(C)CC(=O)[C@@]12F. The maximum absolute atomic E-state index is 17.0. The molecule has 0 bridgehead atoms. The van der Waals surface area contributed by atoms with E-state index in [2.05, 4.69) is 0 Å². The van der Waals surface area contributed by atoms with Gasteiger partial charge in [-0.3, -0.25) is 9.59 Å². The third-order valence-corrected chi connectivity index (χ3v) is 12.0. The molecule has 0 aromatic heterocycles. The van der Waals surface area contributed by atoms with E-state index in [1.54, 1.807) is 13.0 Å². The quantitative estimate of drug-likeness (QED) is 0.432. The van der Waals surface area contributed by atoms with Gasteiger partial charge in [-0.25, -0.2) is 4.39 Å². The summed E-state index contributed by atoms with van der Waals surface area (Å²) < 4.78 is 29.5. The highest BCUT2D eigenvalue weighted by atomic mass is 35.5. The van der Waals surface area contributed by atoms with E-state index in [1.165, 1.54) is 12.2 Å². The number of halogens is 2. The first kappa shape index (κ1) is 22.4. The summed E-state index contributed by atoms with van der Waals surface area (Å²) in [5.41, 5.74) is -2.26. The molecule has 0 N–H and O–H groups in total. The Labute approximate surface area is 196 Å². The minimum absolute atomic E-state index is 0.0284. The number of rotatable bonds is 3. The van der Waals surface area contributed by atoms with Crippen molar-refractivity contribution in [1.82, 2.24) is 0 Å². The molecule has 3 nitrogen and oxygen atoms in total. The van der Waals surface area contributed by atoms with Crippen molar-refractivity contribution in [1.29, 1.82) is 0 Å². The number of hydrogen-bond donors (Lipinski definition) is 0. The van der Waals surface area contributed by atoms with Crippen molar-refractivity contribution in [2.45, 2.75) is 61.6 Å². The van der Waals surface area contributed by atoms with Gasteiger partial charge < -0.3 is 4.55 Å². The topological polar surface area (TPSA) is 57.2 Å². The van der Waals surface area contributed by atoms with Crippen LogP contribution in [0.5, 0.6) is 0 Å². The second-order valence-electron chi connectivity index (χ2n) is 10.3. The highest BCUT2D eigenvalue weighted by Crippen LogP contribution is 2.70. The van der Waals surface area contributed by atoms with E-state index in [-0.39, 0.29) is 18.1 Å². The number of fused-ring (bicyclic) bond motifs is 5. The van der Waals surface area contributed by atoms with Gasteiger partial charge in [-0.1, -0.05) is 60.5 Å². The predicted octanol–water partition coefficient (Wildman–Crippen LogP) is 5.45. The Morgan fingerprint density at radius 1 is 1.16 bits per heavy atom. The Balaban J connectivity index is 1.51. The summed E-state index contributed by atoms with van der Waals surface area (Å²) in [7, 11) is 0. The normalized spacial score (nSPS) is 43.8. The fourth-order valence-corrected chi connectivity index (χ4v) is 9.38. The smallest absolute Gasteiger partial charge is 0.204 e. The molecule has 5 rings (SSSR count). The summed E-state index contributed by atoms with van der Waals surface area (Å²) in [6, 6.07) is 9.58. The fraction of sp³-hybridized carbons (Fsp3) is 0.538. The molecule has 170 valence electrons. The van der Waals surface area contributed by atoms with Crippen molar-refractivity contribution in [2.75, 3.05) is 0 Å². The summed E-state index contributed by atoms with van der Waals surface area (Å²) in [6.07, 6.45) is 6.73. The van der Waals surface area contributed by atoms with Crippen LogP contribution in [0.3, 0.4) is 0 Å². The number of carbonyl (C=O) groups excluding carboxylic acids is 2. The Morgan fingerprint density at radius 2 is 1.88 bits per heavy atom. The standard InChI is InChI=1S/C26H28ClFO3S/c1-23-12-10-19(29)14-18(23)8-9-21-20-11-13-25(27,24(20,2)15-22(30)26(21,23)28)32(31)16-17-6-4-3-5-7-17/h3-7,10,12,14,20-21H,8-9,11,13,15-16H2,1-2H3/t20-,21+,23-,24-,25-,26-,32+/m0/s1. The molecule has 1 aromatic rings. The lowest BCUT2D eigenvalue weighted by Crippen LogP contribution is -2.66. The molecule has 3 saturated carbocycles. The van der Waals surface area contributed by atoms with Gasteiger partial charge >= 0.3 is 0 Å². The van der Waals surface area contributed by atoms with E-state index in [0.29, 0.717) is 37.0 Å². The van der Waals surface area contributed by atoms with Crippen LogP contribution >= 0.6 is 11.6 Å². The molecule has 7 atom stereocenters. The number of ketones is 2. The van der Waals surface area contributed by atoms with E-state index >= 15 is 4.39 Å². The Hall–Kier alpha value is -1.43. The Bertz CT molecular complexity index is 1040. The molecule has 0 radical (unpaired) electrons. The molecule has 0 saturated heterocycles. The molecule has 6 heteroatoms. The van der Waals surface area contributed by atoms with E-state index < -0.39 is 43.6 Å². The van der Waals surface area contributed by atoms with Gasteiger partial charge in [-0.05, 0) is 55.4 Å². The van der Waals surface area contributed by atoms with Crippen molar-refractivity contribution >= 4 is 34.3 Å². The summed E-state index contributed by atoms with van der Waals surface area (Å²) in [4.78, 5) is 25.6. The number of hydrogen-bond acceptors (Lipinski definition) is 3. The third-order valence-electron chi connectivity index (χ3n) is 8.92. The van der Waals surface area contributed by atoms with Crippen molar-refractivity contribution in [3.8, 4) is 0 Å². The largest absolute Gasteiger partial charge is 0.615 e. The molecular weight excluding hydrogens is 447 g/mol. The molecule has 0 unspecified atom stereocenters. The summed E-state index contributed by atoms with van der Waals surface area (Å²) in [5, 5.41) is 0. The van der Waals surface area contributed by atoms with E-state index in [0.717, 1.165) is 5.56 Å². The highest BCUT2D eigenvalue weighted by molar-refractivity contribution is 7.93. The van der Waals surface area contributed by atoms with Gasteiger partial charge in [-0.15, -0.1) is 0 Å². The molecule has 0 heterocycles. The first-order valence-corrected chi connectivity index (χ1v) is 13.0. The lowest BCUT2D eigenvalue weighted by Gasteiger charge is -2.59. The maximum Gasteiger partial charge on any atom is 0.204 e. The molecular formula is C26H28ClFO3S. The second-order valence-corrected chi connectivity index (χ2v) is 12.9. The summed E-state index contributed by atoms with van der Waals surface area (Å²) in [6.45, 7) is 3.71. The third kappa shape index (κ3) is 2.77. The zero-order valence-corrected chi connectivity index (χ0v) is 20.0. The van der Waals surface area contributed by atoms with Crippen LogP contribution in [0.15, 0.2) is 54.1 Å². The highest BCUT2D eigenvalue weighted by Gasteiger charge is 2.75. The van der Waals surface area contributed by atoms with Crippen molar-refractivity contribution in [3.05, 3.63) is 59.7 Å². The molecule has 32 heavy (non-hydrogen) atoms. The van der Waals surface area contributed by atoms with Gasteiger partial charge in [0.05, 0.1) is 0 Å². The van der Waals surface area contributed by atoms with Gasteiger partial charge in [0.1, 0.15) is 5.75 Å². The number of alkyl halides is 2. The van der Waals surface area contributed by atoms with Crippen LogP contribution < -0.4 is 0 Å². The van der Waals surface area contributed by atoms with E-state index in [9.17, 15) is 14.1 Å². The lowest BCUT2D eigenvalue weighted by molar-refractivity contribution is -0.164. The first-order valence-electron chi connectivity index (χ1n) is 11.3. The number of Topliss-reactive ketones (excluding diaryl/α,β-unsaturated/α-hetero) is 1. The minimum atomic E-state index is -2.07. The molecule has 1 aromatic carbocycles. The molecule has 3 fully saturated rings. The monoisotopic (exact) mass is 474 g/mol. The molecule has 0 amide bonds. The van der Waals surface area contributed by atoms with Crippen molar-refractivity contribution in [2.24, 2.45) is 22.7 Å². The number of carbonyl (C=O) groups is 2. The van der Waals surface area contributed by atoms with Gasteiger partial charge in [0.2, 0.25) is 4.21 Å². The Morgan fingerprint density at radius 3 is 2.59 bits per heavy atom. The van der Waals surface area contributed by atoms with Crippen LogP contribution in [-0.4, -0.2) is 26.0 Å². The van der Waals surface area contributed by atoms with Gasteiger partial charge in [0, 0.05) is 35.2 Å². The average Bonchev–Trinajstić information content (AvgIpc) is 3.02. The molecule has 4 aliphatic rings. The lowest BCUT2D eigenvalue weighted by atomic mass is 9.46. The first-order chi connectivity index (χ1) is 15.1. The maximum atomic E-state index is 17.0. The minimum Gasteiger partial charge on any atom is -0.615 e. The zero-order valence-electron chi connectivity index (χ0n) is 18.4. The second kappa shape index (κ2) is 7.28. The van der Waals surface area contributed by atoms with Crippen molar-refractivity contribution in [3.63, 3.8) is 0 Å². The number of benzene rings is 1. The average molecular weight is 475 g/mol. The number of allylic oxidation sites excluding steroid dienone is 4. The summed E-state index contributed by atoms with van der Waals surface area (Å²) >= 11 is 5.76. The van der Waals surface area contributed by atoms with Crippen LogP contribution in [0.1, 0.15) is 51.5 Å². The van der Waals surface area contributed by atoms with Gasteiger partial charge in [0.25, 0.3) is 0 Å². The zero-order chi connectivity index (χ0) is 22.9. The Kier molecular flexibility index (Phi) is 5.09. The van der Waals surface area contributed by atoms with Gasteiger partial charge in [-0.2, -0.15) is 0 Å². The van der Waals surface area contributed by atoms with Crippen LogP contribution in [0, 0.1) is 22.7 Å². The van der Waals surface area contributed by atoms with Crippen LogP contribution in [0.4, 0.5) is 4.39 Å². The molecule has 0 spiro atoms. The van der Waals surface area contributed by atoms with E-state index in [1.807, 2.05) is 37.3 Å². The van der Waals surface area contributed by atoms with Crippen molar-refractivity contribution < 1.29 is 18.5 Å². The molecule has 0 aliphatic heterocycles. The predicted molar refractivity (Wildman–Crippen MR) is 124 cm³/mol. The van der Waals surface area contributed by atoms with E-state index in [4.69, 9.17) is 11.6 Å². The molecule has 4 aliphatic carbocycles. The van der Waals surface area contributed by atoms with Gasteiger partial charge in [0.15, 0.2) is 17.2 Å². The summed E-state index contributed by atoms with van der Waals surface area (Å²) in [5.74, 6) is -0.918.